The summed E-state index contributed by atoms with van der Waals surface area (Å²) in [4.78, 5) is 25.6. The third-order valence-electron chi connectivity index (χ3n) is 5.75. The molecule has 134 valence electrons. The van der Waals surface area contributed by atoms with Gasteiger partial charge in [-0.1, -0.05) is 6.07 Å². The summed E-state index contributed by atoms with van der Waals surface area (Å²) in [5, 5.41) is 0. The van der Waals surface area contributed by atoms with Crippen LogP contribution in [0.3, 0.4) is 0 Å². The van der Waals surface area contributed by atoms with Crippen molar-refractivity contribution in [3.05, 3.63) is 29.6 Å². The minimum absolute atomic E-state index is 0.177. The van der Waals surface area contributed by atoms with E-state index >= 15 is 0 Å². The Labute approximate surface area is 149 Å². The summed E-state index contributed by atoms with van der Waals surface area (Å²) >= 11 is 0. The number of benzene rings is 1. The molecule has 1 aromatic carbocycles. The van der Waals surface area contributed by atoms with Crippen LogP contribution < -0.4 is 0 Å². The highest BCUT2D eigenvalue weighted by Crippen LogP contribution is 2.29. The van der Waals surface area contributed by atoms with Crippen LogP contribution in [0.5, 0.6) is 0 Å². The molecule has 0 bridgehead atoms. The molecule has 0 spiro atoms. The highest BCUT2D eigenvalue weighted by molar-refractivity contribution is 5.79. The average molecular weight is 340 g/mol. The molecule has 2 aliphatic rings. The van der Waals surface area contributed by atoms with Gasteiger partial charge in [0, 0.05) is 25.6 Å². The second kappa shape index (κ2) is 6.79. The number of amides is 1. The van der Waals surface area contributed by atoms with Gasteiger partial charge in [0.1, 0.15) is 5.82 Å². The number of carbonyl (C=O) groups excluding carboxylic acids is 1. The zero-order valence-electron chi connectivity index (χ0n) is 15.3. The van der Waals surface area contributed by atoms with Crippen LogP contribution in [-0.4, -0.2) is 58.9 Å². The largest absolute Gasteiger partial charge is 0.342 e. The Bertz CT molecular complexity index is 768. The first-order valence-electron chi connectivity index (χ1n) is 9.54. The number of likely N-dealkylation sites (tertiary alicyclic amines) is 2. The van der Waals surface area contributed by atoms with Crippen LogP contribution in [0.15, 0.2) is 18.2 Å². The number of hydrogen-bond donors (Lipinski definition) is 1. The number of piperidine rings is 2. The maximum Gasteiger partial charge on any atom is 0.226 e. The van der Waals surface area contributed by atoms with Crippen molar-refractivity contribution in [1.82, 2.24) is 19.8 Å². The van der Waals surface area contributed by atoms with Crippen molar-refractivity contribution in [1.29, 1.82) is 0 Å². The first-order valence-corrected chi connectivity index (χ1v) is 9.54. The van der Waals surface area contributed by atoms with Crippen LogP contribution in [0.25, 0.3) is 11.0 Å². The predicted octanol–water partition coefficient (Wildman–Crippen LogP) is 2.92. The summed E-state index contributed by atoms with van der Waals surface area (Å²) in [6.07, 6.45) is 4.34. The average Bonchev–Trinajstić information content (AvgIpc) is 3.04. The fourth-order valence-corrected chi connectivity index (χ4v) is 4.36. The van der Waals surface area contributed by atoms with Crippen LogP contribution in [0.2, 0.25) is 0 Å². The molecule has 2 aromatic rings. The molecule has 2 aliphatic heterocycles. The number of aromatic nitrogens is 2. The molecule has 2 unspecified atom stereocenters. The number of carbonyl (C=O) groups is 1. The SMILES string of the molecule is Cc1ccc2nc(C3CCCN(C(=O)C4CCCN(C)C4)C3)[nH]c2c1. The summed E-state index contributed by atoms with van der Waals surface area (Å²) in [5.74, 6) is 1.89. The minimum atomic E-state index is 0.177. The summed E-state index contributed by atoms with van der Waals surface area (Å²) in [5.41, 5.74) is 3.37. The Hall–Kier alpha value is -1.88. The van der Waals surface area contributed by atoms with Crippen molar-refractivity contribution in [2.45, 2.75) is 38.5 Å². The molecule has 1 N–H and O–H groups in total. The maximum absolute atomic E-state index is 13.0. The predicted molar refractivity (Wildman–Crippen MR) is 99.6 cm³/mol. The van der Waals surface area contributed by atoms with E-state index < -0.39 is 0 Å². The van der Waals surface area contributed by atoms with Gasteiger partial charge in [-0.2, -0.15) is 0 Å². The Morgan fingerprint density at radius 2 is 2.04 bits per heavy atom. The molecule has 0 radical (unpaired) electrons. The van der Waals surface area contributed by atoms with E-state index in [-0.39, 0.29) is 5.92 Å². The maximum atomic E-state index is 13.0. The van der Waals surface area contributed by atoms with Gasteiger partial charge in [0.25, 0.3) is 0 Å². The second-order valence-corrected chi connectivity index (χ2v) is 7.87. The van der Waals surface area contributed by atoms with Crippen LogP contribution in [0, 0.1) is 12.8 Å². The summed E-state index contributed by atoms with van der Waals surface area (Å²) in [6, 6.07) is 6.33. The molecule has 0 saturated carbocycles. The smallest absolute Gasteiger partial charge is 0.226 e. The van der Waals surface area contributed by atoms with Crippen molar-refractivity contribution >= 4 is 16.9 Å². The van der Waals surface area contributed by atoms with Gasteiger partial charge in [-0.25, -0.2) is 4.98 Å². The molecule has 5 nitrogen and oxygen atoms in total. The molecule has 2 fully saturated rings. The molecule has 3 heterocycles. The Morgan fingerprint density at radius 3 is 2.88 bits per heavy atom. The van der Waals surface area contributed by atoms with Crippen molar-refractivity contribution in [3.63, 3.8) is 0 Å². The molecular weight excluding hydrogens is 312 g/mol. The number of nitrogens with zero attached hydrogens (tertiary/aromatic N) is 3. The number of aromatic amines is 1. The second-order valence-electron chi connectivity index (χ2n) is 7.87. The Morgan fingerprint density at radius 1 is 1.20 bits per heavy atom. The number of aryl methyl sites for hydroxylation is 1. The lowest BCUT2D eigenvalue weighted by atomic mass is 9.93. The summed E-state index contributed by atoms with van der Waals surface area (Å²) < 4.78 is 0. The summed E-state index contributed by atoms with van der Waals surface area (Å²) in [6.45, 7) is 5.82. The van der Waals surface area contributed by atoms with E-state index in [2.05, 4.69) is 47.0 Å². The van der Waals surface area contributed by atoms with Gasteiger partial charge in [-0.15, -0.1) is 0 Å². The number of H-pyrrole nitrogens is 1. The molecule has 4 rings (SSSR count). The molecule has 1 amide bonds. The van der Waals surface area contributed by atoms with Gasteiger partial charge >= 0.3 is 0 Å². The van der Waals surface area contributed by atoms with Gasteiger partial charge in [0.15, 0.2) is 0 Å². The summed E-state index contributed by atoms with van der Waals surface area (Å²) in [7, 11) is 2.12. The molecule has 1 aromatic heterocycles. The fourth-order valence-electron chi connectivity index (χ4n) is 4.36. The molecule has 5 heteroatoms. The van der Waals surface area contributed by atoms with E-state index in [1.54, 1.807) is 0 Å². The van der Waals surface area contributed by atoms with Gasteiger partial charge in [-0.05, 0) is 63.9 Å². The lowest BCUT2D eigenvalue weighted by Crippen LogP contribution is -2.46. The lowest BCUT2D eigenvalue weighted by molar-refractivity contribution is -0.138. The number of rotatable bonds is 2. The topological polar surface area (TPSA) is 52.2 Å². The van der Waals surface area contributed by atoms with E-state index in [1.165, 1.54) is 5.56 Å². The van der Waals surface area contributed by atoms with Crippen molar-refractivity contribution in [2.75, 3.05) is 33.2 Å². The third-order valence-corrected chi connectivity index (χ3v) is 5.75. The zero-order chi connectivity index (χ0) is 17.4. The highest BCUT2D eigenvalue weighted by atomic mass is 16.2. The molecule has 0 aliphatic carbocycles. The van der Waals surface area contributed by atoms with E-state index in [0.29, 0.717) is 11.8 Å². The van der Waals surface area contributed by atoms with Gasteiger partial charge in [-0.3, -0.25) is 4.79 Å². The normalized spacial score (nSPS) is 25.4. The number of hydrogen-bond acceptors (Lipinski definition) is 3. The Balaban J connectivity index is 1.49. The van der Waals surface area contributed by atoms with Crippen LogP contribution in [0.4, 0.5) is 0 Å². The van der Waals surface area contributed by atoms with Gasteiger partial charge < -0.3 is 14.8 Å². The van der Waals surface area contributed by atoms with E-state index in [0.717, 1.165) is 68.7 Å². The van der Waals surface area contributed by atoms with Crippen LogP contribution >= 0.6 is 0 Å². The molecular formula is C20H28N4O. The van der Waals surface area contributed by atoms with Crippen LogP contribution in [-0.2, 0) is 4.79 Å². The van der Waals surface area contributed by atoms with Crippen molar-refractivity contribution in [2.24, 2.45) is 5.92 Å². The Kier molecular flexibility index (Phi) is 4.50. The standard InChI is InChI=1S/C20H28N4O/c1-14-7-8-17-18(11-14)22-19(21-17)15-5-4-10-24(13-15)20(25)16-6-3-9-23(2)12-16/h7-8,11,15-16H,3-6,9-10,12-13H2,1-2H3,(H,21,22). The quantitative estimate of drug-likeness (QED) is 0.914. The highest BCUT2D eigenvalue weighted by Gasteiger charge is 2.32. The van der Waals surface area contributed by atoms with Gasteiger partial charge in [0.2, 0.25) is 5.91 Å². The van der Waals surface area contributed by atoms with Crippen LogP contribution in [0.1, 0.15) is 43.0 Å². The first kappa shape index (κ1) is 16.6. The van der Waals surface area contributed by atoms with E-state index in [4.69, 9.17) is 4.98 Å². The molecule has 2 saturated heterocycles. The first-order chi connectivity index (χ1) is 12.1. The van der Waals surface area contributed by atoms with Gasteiger partial charge in [0.05, 0.1) is 17.0 Å². The van der Waals surface area contributed by atoms with E-state index in [1.807, 2.05) is 0 Å². The third kappa shape index (κ3) is 3.43. The monoisotopic (exact) mass is 340 g/mol. The fraction of sp³-hybridized carbons (Fsp3) is 0.600. The molecule has 25 heavy (non-hydrogen) atoms. The lowest BCUT2D eigenvalue weighted by Gasteiger charge is -2.37. The van der Waals surface area contributed by atoms with Crippen molar-refractivity contribution < 1.29 is 4.79 Å². The van der Waals surface area contributed by atoms with Crippen molar-refractivity contribution in [3.8, 4) is 0 Å². The number of imidazole rings is 1. The van der Waals surface area contributed by atoms with E-state index in [9.17, 15) is 4.79 Å². The minimum Gasteiger partial charge on any atom is -0.342 e. The number of fused-ring (bicyclic) bond motifs is 1. The zero-order valence-corrected chi connectivity index (χ0v) is 15.3. The number of nitrogens with one attached hydrogen (secondary N) is 1. The molecule has 2 atom stereocenters.